The maximum absolute atomic E-state index is 11.9. The van der Waals surface area contributed by atoms with E-state index in [1.807, 2.05) is 6.92 Å². The summed E-state index contributed by atoms with van der Waals surface area (Å²) < 4.78 is 7.32. The molecule has 16 heavy (non-hydrogen) atoms. The fraction of sp³-hybridized carbons (Fsp3) is 0.700. The van der Waals surface area contributed by atoms with Gasteiger partial charge in [-0.2, -0.15) is 0 Å². The second-order valence-corrected chi connectivity index (χ2v) is 4.72. The van der Waals surface area contributed by atoms with Crippen molar-refractivity contribution in [3.05, 3.63) is 10.8 Å². The van der Waals surface area contributed by atoms with E-state index < -0.39 is 0 Å². The standard InChI is InChI=1S/C10H14BrN3O2/c1-2-16-10(15)9(7-4-3-5-7)14-6-8(11)12-13-14/h6-7,9H,2-5H2,1H3. The number of hydrogen-bond donors (Lipinski definition) is 0. The molecule has 0 bridgehead atoms. The second-order valence-electron chi connectivity index (χ2n) is 3.91. The van der Waals surface area contributed by atoms with Crippen LogP contribution in [0.5, 0.6) is 0 Å². The van der Waals surface area contributed by atoms with Gasteiger partial charge in [0.25, 0.3) is 0 Å². The summed E-state index contributed by atoms with van der Waals surface area (Å²) in [7, 11) is 0. The Morgan fingerprint density at radius 3 is 2.94 bits per heavy atom. The van der Waals surface area contributed by atoms with E-state index in [0.717, 1.165) is 12.8 Å². The molecule has 1 unspecified atom stereocenters. The molecule has 1 saturated carbocycles. The molecule has 0 aliphatic heterocycles. The fourth-order valence-electron chi connectivity index (χ4n) is 1.89. The average molecular weight is 288 g/mol. The molecule has 1 heterocycles. The van der Waals surface area contributed by atoms with Crippen LogP contribution in [0.3, 0.4) is 0 Å². The van der Waals surface area contributed by atoms with Crippen LogP contribution in [0.2, 0.25) is 0 Å². The van der Waals surface area contributed by atoms with Crippen molar-refractivity contribution in [2.24, 2.45) is 5.92 Å². The normalized spacial score (nSPS) is 17.9. The van der Waals surface area contributed by atoms with E-state index in [1.54, 1.807) is 10.9 Å². The molecule has 1 fully saturated rings. The van der Waals surface area contributed by atoms with Gasteiger partial charge in [0.15, 0.2) is 6.04 Å². The maximum atomic E-state index is 11.9. The second kappa shape index (κ2) is 4.95. The molecule has 0 amide bonds. The topological polar surface area (TPSA) is 57.0 Å². The van der Waals surface area contributed by atoms with Crippen molar-refractivity contribution in [3.8, 4) is 0 Å². The third-order valence-corrected chi connectivity index (χ3v) is 3.26. The highest BCUT2D eigenvalue weighted by molar-refractivity contribution is 9.10. The van der Waals surface area contributed by atoms with Gasteiger partial charge in [0.2, 0.25) is 0 Å². The zero-order chi connectivity index (χ0) is 11.5. The number of hydrogen-bond acceptors (Lipinski definition) is 4. The SMILES string of the molecule is CCOC(=O)C(C1CCC1)n1cc(Br)nn1. The number of esters is 1. The quantitative estimate of drug-likeness (QED) is 0.794. The number of carbonyl (C=O) groups is 1. The van der Waals surface area contributed by atoms with E-state index in [2.05, 4.69) is 26.2 Å². The third-order valence-electron chi connectivity index (χ3n) is 2.89. The molecule has 0 N–H and O–H groups in total. The fourth-order valence-corrected chi connectivity index (χ4v) is 2.17. The number of nitrogens with zero attached hydrogens (tertiary/aromatic N) is 3. The van der Waals surface area contributed by atoms with Crippen molar-refractivity contribution in [1.82, 2.24) is 15.0 Å². The lowest BCUT2D eigenvalue weighted by Crippen LogP contribution is -2.33. The highest BCUT2D eigenvalue weighted by Crippen LogP contribution is 2.36. The lowest BCUT2D eigenvalue weighted by Gasteiger charge is -2.31. The van der Waals surface area contributed by atoms with Crippen LogP contribution in [-0.4, -0.2) is 27.6 Å². The summed E-state index contributed by atoms with van der Waals surface area (Å²) in [5.74, 6) is 0.136. The molecule has 0 radical (unpaired) electrons. The third kappa shape index (κ3) is 2.26. The monoisotopic (exact) mass is 287 g/mol. The first kappa shape index (κ1) is 11.6. The molecule has 6 heteroatoms. The molecule has 0 spiro atoms. The molecule has 2 rings (SSSR count). The summed E-state index contributed by atoms with van der Waals surface area (Å²) in [6.45, 7) is 2.21. The van der Waals surface area contributed by atoms with Gasteiger partial charge in [0.1, 0.15) is 4.60 Å². The Kier molecular flexibility index (Phi) is 3.58. The molecule has 1 aliphatic rings. The minimum atomic E-state index is -0.313. The van der Waals surface area contributed by atoms with E-state index in [0.29, 0.717) is 17.1 Å². The summed E-state index contributed by atoms with van der Waals surface area (Å²) in [5.41, 5.74) is 0. The predicted octanol–water partition coefficient (Wildman–Crippen LogP) is 1.94. The lowest BCUT2D eigenvalue weighted by molar-refractivity contribution is -0.150. The zero-order valence-electron chi connectivity index (χ0n) is 9.10. The van der Waals surface area contributed by atoms with Gasteiger partial charge in [-0.15, -0.1) is 5.10 Å². The van der Waals surface area contributed by atoms with Gasteiger partial charge < -0.3 is 4.74 Å². The number of aromatic nitrogens is 3. The van der Waals surface area contributed by atoms with Gasteiger partial charge in [-0.1, -0.05) is 11.6 Å². The van der Waals surface area contributed by atoms with Crippen LogP contribution in [0.25, 0.3) is 0 Å². The smallest absolute Gasteiger partial charge is 0.331 e. The van der Waals surface area contributed by atoms with Gasteiger partial charge in [-0.3, -0.25) is 0 Å². The summed E-state index contributed by atoms with van der Waals surface area (Å²) in [4.78, 5) is 11.9. The van der Waals surface area contributed by atoms with E-state index in [9.17, 15) is 4.79 Å². The van der Waals surface area contributed by atoms with Crippen molar-refractivity contribution in [1.29, 1.82) is 0 Å². The Morgan fingerprint density at radius 2 is 2.50 bits per heavy atom. The molecule has 88 valence electrons. The summed E-state index contributed by atoms with van der Waals surface area (Å²) in [6.07, 6.45) is 5.01. The molecule has 0 aromatic carbocycles. The van der Waals surface area contributed by atoms with Crippen molar-refractivity contribution >= 4 is 21.9 Å². The van der Waals surface area contributed by atoms with Gasteiger partial charge in [-0.25, -0.2) is 9.48 Å². The Bertz CT molecular complexity index is 376. The van der Waals surface area contributed by atoms with Crippen molar-refractivity contribution < 1.29 is 9.53 Å². The van der Waals surface area contributed by atoms with Crippen LogP contribution in [0.1, 0.15) is 32.2 Å². The summed E-state index contributed by atoms with van der Waals surface area (Å²) in [6, 6.07) is -0.313. The lowest BCUT2D eigenvalue weighted by atomic mass is 9.80. The highest BCUT2D eigenvalue weighted by atomic mass is 79.9. The Morgan fingerprint density at radius 1 is 1.75 bits per heavy atom. The molecular formula is C10H14BrN3O2. The van der Waals surface area contributed by atoms with Crippen LogP contribution >= 0.6 is 15.9 Å². The Hall–Kier alpha value is -0.910. The zero-order valence-corrected chi connectivity index (χ0v) is 10.7. The predicted molar refractivity (Wildman–Crippen MR) is 60.7 cm³/mol. The summed E-state index contributed by atoms with van der Waals surface area (Å²) in [5, 5.41) is 7.78. The maximum Gasteiger partial charge on any atom is 0.331 e. The number of ether oxygens (including phenoxy) is 1. The summed E-state index contributed by atoms with van der Waals surface area (Å²) >= 11 is 3.23. The van der Waals surface area contributed by atoms with Gasteiger partial charge in [0, 0.05) is 0 Å². The van der Waals surface area contributed by atoms with Crippen LogP contribution in [-0.2, 0) is 9.53 Å². The van der Waals surface area contributed by atoms with Crippen LogP contribution < -0.4 is 0 Å². The van der Waals surface area contributed by atoms with Crippen LogP contribution in [0.4, 0.5) is 0 Å². The van der Waals surface area contributed by atoms with E-state index >= 15 is 0 Å². The minimum absolute atomic E-state index is 0.204. The number of rotatable bonds is 4. The van der Waals surface area contributed by atoms with Crippen LogP contribution in [0, 0.1) is 5.92 Å². The Balaban J connectivity index is 2.16. The van der Waals surface area contributed by atoms with Crippen molar-refractivity contribution in [3.63, 3.8) is 0 Å². The van der Waals surface area contributed by atoms with Crippen molar-refractivity contribution in [2.45, 2.75) is 32.2 Å². The Labute approximate surface area is 102 Å². The first-order valence-corrected chi connectivity index (χ1v) is 6.25. The van der Waals surface area contributed by atoms with Gasteiger partial charge in [0.05, 0.1) is 12.8 Å². The minimum Gasteiger partial charge on any atom is -0.464 e. The molecular weight excluding hydrogens is 274 g/mol. The van der Waals surface area contributed by atoms with E-state index in [4.69, 9.17) is 4.74 Å². The number of carbonyl (C=O) groups excluding carboxylic acids is 1. The molecule has 1 atom stereocenters. The molecule has 0 saturated heterocycles. The van der Waals surface area contributed by atoms with Crippen molar-refractivity contribution in [2.75, 3.05) is 6.61 Å². The highest BCUT2D eigenvalue weighted by Gasteiger charge is 2.35. The van der Waals surface area contributed by atoms with Gasteiger partial charge in [-0.05, 0) is 41.6 Å². The van der Waals surface area contributed by atoms with Gasteiger partial charge >= 0.3 is 5.97 Å². The van der Waals surface area contributed by atoms with E-state index in [1.165, 1.54) is 6.42 Å². The first-order chi connectivity index (χ1) is 7.72. The van der Waals surface area contributed by atoms with E-state index in [-0.39, 0.29) is 12.0 Å². The molecule has 1 aromatic heterocycles. The van der Waals surface area contributed by atoms with Crippen LogP contribution in [0.15, 0.2) is 10.8 Å². The molecule has 1 aromatic rings. The largest absolute Gasteiger partial charge is 0.464 e. The first-order valence-electron chi connectivity index (χ1n) is 5.46. The molecule has 1 aliphatic carbocycles. The average Bonchev–Trinajstić information content (AvgIpc) is 2.58. The number of halogens is 1. The molecule has 5 nitrogen and oxygen atoms in total.